The number of nitrogens with zero attached hydrogens (tertiary/aromatic N) is 1. The molecule has 2 rings (SSSR count). The van der Waals surface area contributed by atoms with Gasteiger partial charge in [-0.1, -0.05) is 82.9 Å². The topological polar surface area (TPSA) is 110 Å². The lowest BCUT2D eigenvalue weighted by Gasteiger charge is -2.24. The van der Waals surface area contributed by atoms with E-state index >= 15 is 0 Å². The molecule has 1 heterocycles. The molecule has 0 spiro atoms. The zero-order valence-corrected chi connectivity index (χ0v) is 20.2. The Morgan fingerprint density at radius 1 is 1.00 bits per heavy atom. The third kappa shape index (κ3) is 9.41. The smallest absolute Gasteiger partial charge is 0.323 e. The maximum absolute atomic E-state index is 13.1. The van der Waals surface area contributed by atoms with E-state index in [1.165, 1.54) is 74.7 Å². The van der Waals surface area contributed by atoms with E-state index in [1.54, 1.807) is 18.2 Å². The molecular formula is C27H38N2O5. The first kappa shape index (κ1) is 27.2. The van der Waals surface area contributed by atoms with E-state index in [2.05, 4.69) is 6.92 Å². The summed E-state index contributed by atoms with van der Waals surface area (Å²) in [6.07, 6.45) is 16.8. The number of ether oxygens (including phenoxy) is 1. The molecule has 1 aliphatic heterocycles. The van der Waals surface area contributed by atoms with E-state index in [0.717, 1.165) is 12.8 Å². The Balaban J connectivity index is 1.80. The monoisotopic (exact) mass is 470 g/mol. The van der Waals surface area contributed by atoms with Gasteiger partial charge in [0, 0.05) is 23.5 Å². The van der Waals surface area contributed by atoms with Crippen molar-refractivity contribution in [2.75, 3.05) is 13.2 Å². The maximum atomic E-state index is 13.1. The van der Waals surface area contributed by atoms with Crippen molar-refractivity contribution in [2.45, 2.75) is 71.1 Å². The zero-order valence-electron chi connectivity index (χ0n) is 20.2. The van der Waals surface area contributed by atoms with Crippen molar-refractivity contribution in [1.29, 1.82) is 0 Å². The number of aliphatic carboxylic acids is 1. The maximum Gasteiger partial charge on any atom is 0.323 e. The SMILES string of the molecule is CCCCCCCCCCCCOc1cccc(C(=O)C2C=CN(CC(=O)O)C=C2C(N)=O)c1. The molecule has 3 N–H and O–H groups in total. The summed E-state index contributed by atoms with van der Waals surface area (Å²) in [5.41, 5.74) is 5.93. The molecule has 0 aromatic heterocycles. The van der Waals surface area contributed by atoms with Crippen LogP contribution < -0.4 is 10.5 Å². The summed E-state index contributed by atoms with van der Waals surface area (Å²) in [4.78, 5) is 37.2. The molecule has 1 aromatic carbocycles. The van der Waals surface area contributed by atoms with Gasteiger partial charge in [-0.05, 0) is 18.6 Å². The van der Waals surface area contributed by atoms with Gasteiger partial charge in [0.25, 0.3) is 0 Å². The predicted molar refractivity (Wildman–Crippen MR) is 132 cm³/mol. The second kappa shape index (κ2) is 14.9. The van der Waals surface area contributed by atoms with Crippen molar-refractivity contribution in [3.8, 4) is 5.75 Å². The van der Waals surface area contributed by atoms with Crippen LogP contribution in [0.3, 0.4) is 0 Å². The van der Waals surface area contributed by atoms with E-state index in [9.17, 15) is 14.4 Å². The van der Waals surface area contributed by atoms with Gasteiger partial charge in [-0.2, -0.15) is 0 Å². The number of carboxylic acids is 1. The van der Waals surface area contributed by atoms with Crippen molar-refractivity contribution in [2.24, 2.45) is 11.7 Å². The highest BCUT2D eigenvalue weighted by Crippen LogP contribution is 2.25. The van der Waals surface area contributed by atoms with Crippen LogP contribution in [-0.4, -0.2) is 40.8 Å². The van der Waals surface area contributed by atoms with Gasteiger partial charge in [0.1, 0.15) is 12.3 Å². The van der Waals surface area contributed by atoms with Crippen LogP contribution in [0.2, 0.25) is 0 Å². The number of ketones is 1. The predicted octanol–water partition coefficient (Wildman–Crippen LogP) is 5.07. The minimum Gasteiger partial charge on any atom is -0.494 e. The third-order valence-corrected chi connectivity index (χ3v) is 5.88. The van der Waals surface area contributed by atoms with Gasteiger partial charge in [0.05, 0.1) is 12.5 Å². The number of nitrogens with two attached hydrogens (primary N) is 1. The van der Waals surface area contributed by atoms with Gasteiger partial charge in [-0.15, -0.1) is 0 Å². The van der Waals surface area contributed by atoms with Crippen molar-refractivity contribution < 1.29 is 24.2 Å². The Labute approximate surface area is 202 Å². The summed E-state index contributed by atoms with van der Waals surface area (Å²) in [6, 6.07) is 6.90. The number of hydrogen-bond acceptors (Lipinski definition) is 5. The molecule has 1 amide bonds. The highest BCUT2D eigenvalue weighted by molar-refractivity contribution is 6.07. The van der Waals surface area contributed by atoms with Crippen LogP contribution in [0.15, 0.2) is 48.3 Å². The lowest BCUT2D eigenvalue weighted by Crippen LogP contribution is -2.32. The van der Waals surface area contributed by atoms with Crippen LogP contribution in [0, 0.1) is 5.92 Å². The number of carbonyl (C=O) groups is 3. The number of hydrogen-bond donors (Lipinski definition) is 2. The van der Waals surface area contributed by atoms with Crippen LogP contribution in [-0.2, 0) is 9.59 Å². The summed E-state index contributed by atoms with van der Waals surface area (Å²) in [5, 5.41) is 8.95. The van der Waals surface area contributed by atoms with Gasteiger partial charge in [0.15, 0.2) is 5.78 Å². The molecule has 34 heavy (non-hydrogen) atoms. The number of carboxylic acid groups (broad SMARTS) is 1. The Morgan fingerprint density at radius 3 is 2.26 bits per heavy atom. The van der Waals surface area contributed by atoms with Crippen molar-refractivity contribution in [1.82, 2.24) is 4.90 Å². The summed E-state index contributed by atoms with van der Waals surface area (Å²) >= 11 is 0. The minimum atomic E-state index is -1.05. The van der Waals surface area contributed by atoms with Crippen molar-refractivity contribution >= 4 is 17.7 Å². The molecule has 1 aromatic rings. The van der Waals surface area contributed by atoms with Crippen molar-refractivity contribution in [3.05, 3.63) is 53.9 Å². The lowest BCUT2D eigenvalue weighted by molar-refractivity contribution is -0.137. The lowest BCUT2D eigenvalue weighted by atomic mass is 9.89. The second-order valence-electron chi connectivity index (χ2n) is 8.76. The van der Waals surface area contributed by atoms with E-state index in [4.69, 9.17) is 15.6 Å². The van der Waals surface area contributed by atoms with Crippen LogP contribution >= 0.6 is 0 Å². The quantitative estimate of drug-likeness (QED) is 0.243. The summed E-state index contributed by atoms with van der Waals surface area (Å²) < 4.78 is 5.84. The second-order valence-corrected chi connectivity index (χ2v) is 8.76. The van der Waals surface area contributed by atoms with Gasteiger partial charge >= 0.3 is 5.97 Å². The number of rotatable bonds is 17. The largest absolute Gasteiger partial charge is 0.494 e. The molecule has 186 valence electrons. The van der Waals surface area contributed by atoms with Crippen LogP contribution in [0.5, 0.6) is 5.75 Å². The molecule has 1 unspecified atom stereocenters. The highest BCUT2D eigenvalue weighted by Gasteiger charge is 2.29. The van der Waals surface area contributed by atoms with Crippen LogP contribution in [0.1, 0.15) is 81.5 Å². The van der Waals surface area contributed by atoms with Crippen molar-refractivity contribution in [3.63, 3.8) is 0 Å². The Morgan fingerprint density at radius 2 is 1.65 bits per heavy atom. The Kier molecular flexibility index (Phi) is 11.9. The van der Waals surface area contributed by atoms with Gasteiger partial charge < -0.3 is 20.5 Å². The number of carbonyl (C=O) groups excluding carboxylic acids is 2. The minimum absolute atomic E-state index is 0.0606. The van der Waals surface area contributed by atoms with E-state index in [-0.39, 0.29) is 17.9 Å². The number of primary amides is 1. The fourth-order valence-corrected chi connectivity index (χ4v) is 4.00. The molecule has 1 atom stereocenters. The Hall–Kier alpha value is -3.09. The average molecular weight is 471 g/mol. The molecule has 7 nitrogen and oxygen atoms in total. The fourth-order valence-electron chi connectivity index (χ4n) is 4.00. The molecule has 0 saturated carbocycles. The van der Waals surface area contributed by atoms with E-state index in [1.807, 2.05) is 6.07 Å². The van der Waals surface area contributed by atoms with E-state index < -0.39 is 17.8 Å². The normalized spacial score (nSPS) is 15.1. The van der Waals surface area contributed by atoms with Gasteiger partial charge in [0.2, 0.25) is 5.91 Å². The number of allylic oxidation sites excluding steroid dienone is 1. The first-order valence-corrected chi connectivity index (χ1v) is 12.4. The third-order valence-electron chi connectivity index (χ3n) is 5.88. The molecule has 0 fully saturated rings. The number of unbranched alkanes of at least 4 members (excludes halogenated alkanes) is 9. The number of benzene rings is 1. The zero-order chi connectivity index (χ0) is 24.8. The summed E-state index contributed by atoms with van der Waals surface area (Å²) in [5.74, 6) is -2.35. The standard InChI is InChI=1S/C27H38N2O5/c1-2-3-4-5-6-7-8-9-10-11-17-34-22-14-12-13-21(18-22)26(32)23-15-16-29(20-25(30)31)19-24(23)27(28)33/h12-16,18-19,23H,2-11,17,20H2,1H3,(H2,28,33)(H,30,31). The molecule has 0 radical (unpaired) electrons. The molecule has 0 aliphatic carbocycles. The first-order chi connectivity index (χ1) is 16.4. The Bertz CT molecular complexity index is 878. The van der Waals surface area contributed by atoms with Crippen LogP contribution in [0.25, 0.3) is 0 Å². The van der Waals surface area contributed by atoms with Gasteiger partial charge in [-0.3, -0.25) is 14.4 Å². The molecule has 0 bridgehead atoms. The van der Waals surface area contributed by atoms with Gasteiger partial charge in [-0.25, -0.2) is 0 Å². The number of Topliss-reactive ketones (excluding diaryl/α,β-unsaturated/α-hetero) is 1. The first-order valence-electron chi connectivity index (χ1n) is 12.4. The molecule has 0 saturated heterocycles. The average Bonchev–Trinajstić information content (AvgIpc) is 2.82. The highest BCUT2D eigenvalue weighted by atomic mass is 16.5. The molecular weight excluding hydrogens is 432 g/mol. The summed E-state index contributed by atoms with van der Waals surface area (Å²) in [6.45, 7) is 2.50. The molecule has 7 heteroatoms. The van der Waals surface area contributed by atoms with Crippen LogP contribution in [0.4, 0.5) is 0 Å². The van der Waals surface area contributed by atoms with E-state index in [0.29, 0.717) is 17.9 Å². The summed E-state index contributed by atoms with van der Waals surface area (Å²) in [7, 11) is 0. The molecule has 1 aliphatic rings. The number of amides is 1. The fraction of sp³-hybridized carbons (Fsp3) is 0.519.